The molecule has 1 aliphatic heterocycles. The fourth-order valence-corrected chi connectivity index (χ4v) is 5.42. The van der Waals surface area contributed by atoms with Crippen molar-refractivity contribution in [3.63, 3.8) is 0 Å². The predicted molar refractivity (Wildman–Crippen MR) is 131 cm³/mol. The van der Waals surface area contributed by atoms with E-state index in [1.165, 1.54) is 4.31 Å². The van der Waals surface area contributed by atoms with E-state index in [9.17, 15) is 13.2 Å². The third-order valence-electron chi connectivity index (χ3n) is 5.88. The van der Waals surface area contributed by atoms with Gasteiger partial charge in [-0.05, 0) is 49.7 Å². The average molecular weight is 483 g/mol. The maximum Gasteiger partial charge on any atom is 0.251 e. The van der Waals surface area contributed by atoms with Crippen LogP contribution in [0.3, 0.4) is 0 Å². The lowest BCUT2D eigenvalue weighted by Gasteiger charge is -2.34. The normalized spacial score (nSPS) is 14.8. The van der Waals surface area contributed by atoms with Crippen molar-refractivity contribution in [3.05, 3.63) is 77.2 Å². The molecule has 1 fully saturated rings. The van der Waals surface area contributed by atoms with Gasteiger partial charge in [-0.1, -0.05) is 18.2 Å². The average Bonchev–Trinajstić information content (AvgIpc) is 3.16. The number of anilines is 1. The molecule has 2 aromatic heterocycles. The van der Waals surface area contributed by atoms with Crippen LogP contribution in [0.1, 0.15) is 27.3 Å². The standard InChI is InChI=1S/C24H30N6O3S/c1-19-16-20(2)30(27-19)18-21-6-5-7-22(17-21)24(31)26-10-15-34(32,33)29-13-11-28(12-14-29)23-8-3-4-9-25-23/h3-9,16-17H,10-15,18H2,1-2H3,(H,26,31). The molecule has 180 valence electrons. The Bertz CT molecular complexity index is 1230. The highest BCUT2D eigenvalue weighted by Gasteiger charge is 2.27. The van der Waals surface area contributed by atoms with E-state index in [1.54, 1.807) is 12.3 Å². The van der Waals surface area contributed by atoms with Crippen LogP contribution in [-0.4, -0.2) is 71.9 Å². The predicted octanol–water partition coefficient (Wildman–Crippen LogP) is 1.83. The number of amides is 1. The molecule has 34 heavy (non-hydrogen) atoms. The van der Waals surface area contributed by atoms with E-state index in [4.69, 9.17) is 0 Å². The summed E-state index contributed by atoms with van der Waals surface area (Å²) in [5.41, 5.74) is 3.46. The number of hydrogen-bond donors (Lipinski definition) is 1. The van der Waals surface area contributed by atoms with Crippen LogP contribution in [0.2, 0.25) is 0 Å². The van der Waals surface area contributed by atoms with Gasteiger partial charge in [-0.3, -0.25) is 9.48 Å². The van der Waals surface area contributed by atoms with Crippen molar-refractivity contribution < 1.29 is 13.2 Å². The fourth-order valence-electron chi connectivity index (χ4n) is 4.08. The number of hydrogen-bond acceptors (Lipinski definition) is 6. The van der Waals surface area contributed by atoms with E-state index in [1.807, 2.05) is 61.0 Å². The first-order valence-electron chi connectivity index (χ1n) is 11.3. The van der Waals surface area contributed by atoms with Gasteiger partial charge in [-0.25, -0.2) is 13.4 Å². The van der Waals surface area contributed by atoms with E-state index in [-0.39, 0.29) is 18.2 Å². The lowest BCUT2D eigenvalue weighted by Crippen LogP contribution is -2.50. The Balaban J connectivity index is 1.27. The quantitative estimate of drug-likeness (QED) is 0.526. The first kappa shape index (κ1) is 23.9. The van der Waals surface area contributed by atoms with Gasteiger partial charge in [-0.2, -0.15) is 9.40 Å². The maximum atomic E-state index is 12.8. The highest BCUT2D eigenvalue weighted by Crippen LogP contribution is 2.15. The van der Waals surface area contributed by atoms with Gasteiger partial charge in [0, 0.05) is 50.2 Å². The van der Waals surface area contributed by atoms with Crippen molar-refractivity contribution in [1.29, 1.82) is 0 Å². The van der Waals surface area contributed by atoms with E-state index >= 15 is 0 Å². The molecule has 0 spiro atoms. The zero-order chi connectivity index (χ0) is 24.1. The minimum atomic E-state index is -3.46. The second kappa shape index (κ2) is 10.4. The number of aryl methyl sites for hydroxylation is 2. The molecule has 1 amide bonds. The molecule has 0 unspecified atom stereocenters. The molecule has 9 nitrogen and oxygen atoms in total. The Hall–Kier alpha value is -3.24. The highest BCUT2D eigenvalue weighted by atomic mass is 32.2. The minimum absolute atomic E-state index is 0.0588. The second-order valence-corrected chi connectivity index (χ2v) is 10.5. The topological polar surface area (TPSA) is 100 Å². The molecule has 1 saturated heterocycles. The number of benzene rings is 1. The van der Waals surface area contributed by atoms with Crippen LogP contribution in [0.5, 0.6) is 0 Å². The van der Waals surface area contributed by atoms with E-state index in [0.717, 1.165) is 22.8 Å². The van der Waals surface area contributed by atoms with Crippen molar-refractivity contribution in [1.82, 2.24) is 24.4 Å². The second-order valence-electron chi connectivity index (χ2n) is 8.43. The van der Waals surface area contributed by atoms with Gasteiger partial charge in [0.2, 0.25) is 10.0 Å². The van der Waals surface area contributed by atoms with E-state index in [0.29, 0.717) is 38.3 Å². The number of sulfonamides is 1. The summed E-state index contributed by atoms with van der Waals surface area (Å²) in [6.07, 6.45) is 1.73. The summed E-state index contributed by atoms with van der Waals surface area (Å²) in [6.45, 7) is 6.55. The van der Waals surface area contributed by atoms with Gasteiger partial charge in [0.25, 0.3) is 5.91 Å². The summed E-state index contributed by atoms with van der Waals surface area (Å²) in [4.78, 5) is 19.0. The number of pyridine rings is 1. The lowest BCUT2D eigenvalue weighted by atomic mass is 10.1. The minimum Gasteiger partial charge on any atom is -0.354 e. The van der Waals surface area contributed by atoms with Crippen LogP contribution < -0.4 is 10.2 Å². The van der Waals surface area contributed by atoms with Crippen LogP contribution in [0.4, 0.5) is 5.82 Å². The number of nitrogens with one attached hydrogen (secondary N) is 1. The summed E-state index contributed by atoms with van der Waals surface area (Å²) in [5, 5.41) is 7.21. The van der Waals surface area contributed by atoms with Crippen LogP contribution in [0.15, 0.2) is 54.7 Å². The van der Waals surface area contributed by atoms with Crippen molar-refractivity contribution in [3.8, 4) is 0 Å². The molecule has 3 aromatic rings. The van der Waals surface area contributed by atoms with E-state index < -0.39 is 10.0 Å². The third-order valence-corrected chi connectivity index (χ3v) is 7.75. The summed E-state index contributed by atoms with van der Waals surface area (Å²) in [7, 11) is -3.46. The number of aromatic nitrogens is 3. The molecular weight excluding hydrogens is 452 g/mol. The molecular formula is C24H30N6O3S. The number of carbonyl (C=O) groups excluding carboxylic acids is 1. The lowest BCUT2D eigenvalue weighted by molar-refractivity contribution is 0.0956. The van der Waals surface area contributed by atoms with Crippen LogP contribution in [0.25, 0.3) is 0 Å². The van der Waals surface area contributed by atoms with Crippen LogP contribution in [0, 0.1) is 13.8 Å². The summed E-state index contributed by atoms with van der Waals surface area (Å²) in [6, 6.07) is 15.0. The Morgan fingerprint density at radius 1 is 1.03 bits per heavy atom. The first-order chi connectivity index (χ1) is 16.3. The van der Waals surface area contributed by atoms with Gasteiger partial charge in [-0.15, -0.1) is 0 Å². The Kier molecular flexibility index (Phi) is 7.28. The largest absolute Gasteiger partial charge is 0.354 e. The van der Waals surface area contributed by atoms with Crippen LogP contribution >= 0.6 is 0 Å². The Morgan fingerprint density at radius 3 is 2.50 bits per heavy atom. The van der Waals surface area contributed by atoms with Crippen molar-refractivity contribution >= 4 is 21.7 Å². The Labute approximate surface area is 200 Å². The summed E-state index contributed by atoms with van der Waals surface area (Å²) in [5.74, 6) is 0.436. The van der Waals surface area contributed by atoms with Crippen molar-refractivity contribution in [2.45, 2.75) is 20.4 Å². The number of nitrogens with zero attached hydrogens (tertiary/aromatic N) is 5. The Morgan fingerprint density at radius 2 is 1.82 bits per heavy atom. The van der Waals surface area contributed by atoms with Crippen LogP contribution in [-0.2, 0) is 16.6 Å². The molecule has 0 saturated carbocycles. The fraction of sp³-hybridized carbons (Fsp3) is 0.375. The SMILES string of the molecule is Cc1cc(C)n(Cc2cccc(C(=O)NCCS(=O)(=O)N3CCN(c4ccccn4)CC3)c2)n1. The molecule has 0 radical (unpaired) electrons. The summed E-state index contributed by atoms with van der Waals surface area (Å²) >= 11 is 0. The summed E-state index contributed by atoms with van der Waals surface area (Å²) < 4.78 is 28.9. The van der Waals surface area contributed by atoms with Gasteiger partial charge in [0.15, 0.2) is 0 Å². The smallest absolute Gasteiger partial charge is 0.251 e. The molecule has 10 heteroatoms. The van der Waals surface area contributed by atoms with Gasteiger partial charge >= 0.3 is 0 Å². The monoisotopic (exact) mass is 482 g/mol. The molecule has 3 heterocycles. The zero-order valence-corrected chi connectivity index (χ0v) is 20.3. The number of rotatable bonds is 8. The van der Waals surface area contributed by atoms with Gasteiger partial charge in [0.1, 0.15) is 5.82 Å². The maximum absolute atomic E-state index is 12.8. The van der Waals surface area contributed by atoms with Gasteiger partial charge in [0.05, 0.1) is 18.0 Å². The molecule has 1 N–H and O–H groups in total. The van der Waals surface area contributed by atoms with E-state index in [2.05, 4.69) is 20.3 Å². The van der Waals surface area contributed by atoms with Crippen molar-refractivity contribution in [2.75, 3.05) is 43.4 Å². The van der Waals surface area contributed by atoms with Crippen molar-refractivity contribution in [2.24, 2.45) is 0 Å². The molecule has 0 atom stereocenters. The molecule has 1 aromatic carbocycles. The first-order valence-corrected chi connectivity index (χ1v) is 12.9. The third kappa shape index (κ3) is 5.81. The molecule has 0 bridgehead atoms. The molecule has 1 aliphatic rings. The molecule has 4 rings (SSSR count). The number of carbonyl (C=O) groups is 1. The molecule has 0 aliphatic carbocycles. The number of piperazine rings is 1. The van der Waals surface area contributed by atoms with Gasteiger partial charge < -0.3 is 10.2 Å². The highest BCUT2D eigenvalue weighted by molar-refractivity contribution is 7.89. The zero-order valence-electron chi connectivity index (χ0n) is 19.5.